The molecule has 148 valence electrons. The summed E-state index contributed by atoms with van der Waals surface area (Å²) < 4.78 is 0. The van der Waals surface area contributed by atoms with E-state index in [4.69, 9.17) is 0 Å². The Bertz CT molecular complexity index is 991. The highest BCUT2D eigenvalue weighted by molar-refractivity contribution is 5.96. The first kappa shape index (κ1) is 20.2. The van der Waals surface area contributed by atoms with Crippen LogP contribution in [0.5, 0.6) is 0 Å². The molecule has 0 bridgehead atoms. The van der Waals surface area contributed by atoms with Gasteiger partial charge in [-0.3, -0.25) is 14.9 Å². The summed E-state index contributed by atoms with van der Waals surface area (Å²) in [5, 5.41) is 16.1. The summed E-state index contributed by atoms with van der Waals surface area (Å²) in [5.41, 5.74) is 2.79. The third-order valence-corrected chi connectivity index (χ3v) is 4.86. The molecule has 0 radical (unpaired) electrons. The predicted octanol–water partition coefficient (Wildman–Crippen LogP) is 3.91. The van der Waals surface area contributed by atoms with Gasteiger partial charge in [-0.1, -0.05) is 66.7 Å². The molecule has 0 saturated carbocycles. The molecule has 0 spiro atoms. The van der Waals surface area contributed by atoms with Crippen LogP contribution in [0.1, 0.15) is 35.7 Å². The molecule has 29 heavy (non-hydrogen) atoms. The van der Waals surface area contributed by atoms with E-state index in [1.165, 1.54) is 6.07 Å². The van der Waals surface area contributed by atoms with Crippen molar-refractivity contribution in [2.24, 2.45) is 0 Å². The molecule has 0 unspecified atom stereocenters. The molecule has 0 aliphatic carbocycles. The molecule has 0 aliphatic rings. The van der Waals surface area contributed by atoms with Crippen molar-refractivity contribution < 1.29 is 15.0 Å². The molecular formula is C23H24N3O3+. The van der Waals surface area contributed by atoms with E-state index in [0.29, 0.717) is 0 Å². The first-order chi connectivity index (χ1) is 14.0. The fraction of sp³-hybridized carbons (Fsp3) is 0.174. The Morgan fingerprint density at radius 2 is 1.55 bits per heavy atom. The molecule has 3 N–H and O–H groups in total. The molecule has 3 aromatic carbocycles. The second-order valence-corrected chi connectivity index (χ2v) is 7.05. The number of quaternary nitrogens is 1. The van der Waals surface area contributed by atoms with Gasteiger partial charge in [-0.15, -0.1) is 0 Å². The minimum atomic E-state index is -0.549. The standard InChI is InChI=1S/C23H23N3O3/c1-16-13-14-20(21(15-16)26(28)29)25-23(27)22(19-11-7-4-8-12-19)24-17(2)18-9-5-3-6-10-18/h3-15,17,22,24H,1-2H3,(H,25,27)/p+1/t17-,22+/m1/s1. The Morgan fingerprint density at radius 3 is 2.14 bits per heavy atom. The van der Waals surface area contributed by atoms with Gasteiger partial charge < -0.3 is 10.6 Å². The van der Waals surface area contributed by atoms with Gasteiger partial charge in [0.05, 0.1) is 4.92 Å². The van der Waals surface area contributed by atoms with Gasteiger partial charge in [-0.2, -0.15) is 0 Å². The number of nitrogens with two attached hydrogens (primary N) is 1. The summed E-state index contributed by atoms with van der Waals surface area (Å²) in [5.74, 6) is -0.300. The van der Waals surface area contributed by atoms with Crippen molar-refractivity contribution in [1.82, 2.24) is 0 Å². The van der Waals surface area contributed by atoms with Crippen LogP contribution in [0.15, 0.2) is 78.9 Å². The number of carbonyl (C=O) groups excluding carboxylic acids is 1. The second kappa shape index (κ2) is 9.12. The summed E-state index contributed by atoms with van der Waals surface area (Å²) in [6.07, 6.45) is 0. The van der Waals surface area contributed by atoms with E-state index >= 15 is 0 Å². The van der Waals surface area contributed by atoms with Gasteiger partial charge in [-0.25, -0.2) is 0 Å². The van der Waals surface area contributed by atoms with Crippen LogP contribution in [0.2, 0.25) is 0 Å². The molecule has 6 heteroatoms. The summed E-state index contributed by atoms with van der Waals surface area (Å²) in [6.45, 7) is 3.81. The number of carbonyl (C=O) groups is 1. The number of benzene rings is 3. The van der Waals surface area contributed by atoms with Crippen LogP contribution in [0, 0.1) is 17.0 Å². The zero-order chi connectivity index (χ0) is 20.8. The van der Waals surface area contributed by atoms with Crippen LogP contribution >= 0.6 is 0 Å². The Hall–Kier alpha value is -3.51. The number of nitro benzene ring substituents is 1. The highest BCUT2D eigenvalue weighted by Gasteiger charge is 2.28. The lowest BCUT2D eigenvalue weighted by molar-refractivity contribution is -0.718. The van der Waals surface area contributed by atoms with Gasteiger partial charge in [0.1, 0.15) is 11.7 Å². The van der Waals surface area contributed by atoms with Crippen molar-refractivity contribution in [3.63, 3.8) is 0 Å². The van der Waals surface area contributed by atoms with Crippen LogP contribution in [-0.4, -0.2) is 10.8 Å². The van der Waals surface area contributed by atoms with Gasteiger partial charge in [0.2, 0.25) is 0 Å². The number of nitro groups is 1. The number of hydrogen-bond acceptors (Lipinski definition) is 3. The average Bonchev–Trinajstić information content (AvgIpc) is 2.74. The van der Waals surface area contributed by atoms with E-state index in [1.54, 1.807) is 19.1 Å². The second-order valence-electron chi connectivity index (χ2n) is 7.05. The molecule has 0 saturated heterocycles. The zero-order valence-electron chi connectivity index (χ0n) is 16.4. The Kier molecular flexibility index (Phi) is 6.36. The number of hydrogen-bond donors (Lipinski definition) is 2. The molecule has 0 heterocycles. The van der Waals surface area contributed by atoms with E-state index in [1.807, 2.05) is 72.9 Å². The number of aryl methyl sites for hydroxylation is 1. The van der Waals surface area contributed by atoms with Crippen molar-refractivity contribution in [2.45, 2.75) is 25.9 Å². The summed E-state index contributed by atoms with van der Waals surface area (Å²) in [4.78, 5) is 24.1. The molecule has 3 rings (SSSR count). The number of nitrogens with zero attached hydrogens (tertiary/aromatic N) is 1. The van der Waals surface area contributed by atoms with Gasteiger partial charge in [0.15, 0.2) is 6.04 Å². The van der Waals surface area contributed by atoms with Gasteiger partial charge in [0.25, 0.3) is 11.6 Å². The first-order valence-corrected chi connectivity index (χ1v) is 9.46. The van der Waals surface area contributed by atoms with Crippen LogP contribution < -0.4 is 10.6 Å². The minimum absolute atomic E-state index is 0.0279. The molecule has 2 atom stereocenters. The summed E-state index contributed by atoms with van der Waals surface area (Å²) in [7, 11) is 0. The molecule has 0 aliphatic heterocycles. The SMILES string of the molecule is Cc1ccc(NC(=O)[C@@H]([NH2+][C@H](C)c2ccccc2)c2ccccc2)c([N+](=O)[O-])c1. The normalized spacial score (nSPS) is 12.8. The van der Waals surface area contributed by atoms with Crippen molar-refractivity contribution in [2.75, 3.05) is 5.32 Å². The van der Waals surface area contributed by atoms with E-state index in [2.05, 4.69) is 5.32 Å². The molecule has 1 amide bonds. The monoisotopic (exact) mass is 390 g/mol. The van der Waals surface area contributed by atoms with Gasteiger partial charge >= 0.3 is 0 Å². The van der Waals surface area contributed by atoms with Gasteiger partial charge in [0, 0.05) is 17.2 Å². The lowest BCUT2D eigenvalue weighted by Gasteiger charge is -2.20. The smallest absolute Gasteiger partial charge is 0.293 e. The van der Waals surface area contributed by atoms with Crippen LogP contribution in [0.3, 0.4) is 0 Å². The first-order valence-electron chi connectivity index (χ1n) is 9.46. The highest BCUT2D eigenvalue weighted by atomic mass is 16.6. The topological polar surface area (TPSA) is 88.8 Å². The van der Waals surface area contributed by atoms with Gasteiger partial charge in [-0.05, 0) is 25.5 Å². The highest BCUT2D eigenvalue weighted by Crippen LogP contribution is 2.26. The van der Waals surface area contributed by atoms with Crippen LogP contribution in [0.4, 0.5) is 11.4 Å². The van der Waals surface area contributed by atoms with Crippen molar-refractivity contribution in [3.05, 3.63) is 106 Å². The molecule has 0 fully saturated rings. The zero-order valence-corrected chi connectivity index (χ0v) is 16.4. The quantitative estimate of drug-likeness (QED) is 0.473. The lowest BCUT2D eigenvalue weighted by atomic mass is 10.0. The Balaban J connectivity index is 1.89. The van der Waals surface area contributed by atoms with E-state index in [0.717, 1.165) is 16.7 Å². The number of amides is 1. The number of rotatable bonds is 7. The number of nitrogens with one attached hydrogen (secondary N) is 1. The average molecular weight is 390 g/mol. The third kappa shape index (κ3) is 5.06. The molecular weight excluding hydrogens is 366 g/mol. The van der Waals surface area contributed by atoms with E-state index in [-0.39, 0.29) is 23.3 Å². The van der Waals surface area contributed by atoms with Crippen molar-refractivity contribution in [1.29, 1.82) is 0 Å². The molecule has 3 aromatic rings. The molecule has 6 nitrogen and oxygen atoms in total. The van der Waals surface area contributed by atoms with E-state index in [9.17, 15) is 14.9 Å². The minimum Gasteiger partial charge on any atom is -0.326 e. The Labute approximate surface area is 169 Å². The Morgan fingerprint density at radius 1 is 0.966 bits per heavy atom. The maximum Gasteiger partial charge on any atom is 0.293 e. The molecule has 0 aromatic heterocycles. The maximum atomic E-state index is 13.2. The van der Waals surface area contributed by atoms with Crippen molar-refractivity contribution >= 4 is 17.3 Å². The summed E-state index contributed by atoms with van der Waals surface area (Å²) >= 11 is 0. The summed E-state index contributed by atoms with van der Waals surface area (Å²) in [6, 6.07) is 23.6. The van der Waals surface area contributed by atoms with Crippen LogP contribution in [0.25, 0.3) is 0 Å². The fourth-order valence-electron chi connectivity index (χ4n) is 3.28. The predicted molar refractivity (Wildman–Crippen MR) is 112 cm³/mol. The van der Waals surface area contributed by atoms with E-state index < -0.39 is 11.0 Å². The largest absolute Gasteiger partial charge is 0.326 e. The lowest BCUT2D eigenvalue weighted by Crippen LogP contribution is -2.87. The van der Waals surface area contributed by atoms with Crippen molar-refractivity contribution in [3.8, 4) is 0 Å². The van der Waals surface area contributed by atoms with Crippen LogP contribution in [-0.2, 0) is 4.79 Å². The fourth-order valence-corrected chi connectivity index (χ4v) is 3.28. The maximum absolute atomic E-state index is 13.2. The number of anilines is 1. The third-order valence-electron chi connectivity index (χ3n) is 4.86.